The topological polar surface area (TPSA) is 80.0 Å². The predicted octanol–water partition coefficient (Wildman–Crippen LogP) is 0.598. The maximum absolute atomic E-state index is 12.5. The molecule has 0 amide bonds. The number of nitrogens with one attached hydrogen (secondary N) is 1. The predicted molar refractivity (Wildman–Crippen MR) is 45.1 cm³/mol. The van der Waals surface area contributed by atoms with E-state index in [0.29, 0.717) is 6.54 Å². The molecule has 82 valence electrons. The van der Waals surface area contributed by atoms with Crippen LogP contribution in [0, 0.1) is 0 Å². The maximum atomic E-state index is 12.5. The zero-order chi connectivity index (χ0) is 11.0. The fraction of sp³-hybridized carbons (Fsp3) is 0.571. The maximum Gasteiger partial charge on any atom is 0.375 e. The first-order valence-electron chi connectivity index (χ1n) is 4.31. The number of aromatic nitrogens is 3. The number of aromatic carboxylic acids is 1. The minimum absolute atomic E-state index is 0.0870. The molecule has 6 nitrogen and oxygen atoms in total. The van der Waals surface area contributed by atoms with Gasteiger partial charge in [0.25, 0.3) is 12.2 Å². The fourth-order valence-electron chi connectivity index (χ4n) is 1.45. The lowest BCUT2D eigenvalue weighted by molar-refractivity contribution is 0.0651. The van der Waals surface area contributed by atoms with Crippen LogP contribution in [0.15, 0.2) is 0 Å². The minimum atomic E-state index is -2.57. The average Bonchev–Trinajstić information content (AvgIpc) is 2.60. The van der Waals surface area contributed by atoms with Gasteiger partial charge in [-0.3, -0.25) is 0 Å². The largest absolute Gasteiger partial charge is 0.475 e. The van der Waals surface area contributed by atoms with Crippen molar-refractivity contribution in [1.29, 1.82) is 0 Å². The van der Waals surface area contributed by atoms with Gasteiger partial charge < -0.3 is 10.4 Å². The highest BCUT2D eigenvalue weighted by Crippen LogP contribution is 2.26. The molecule has 0 aliphatic carbocycles. The SMILES string of the molecule is O=C(O)c1nc2n(n1)C(C(F)F)CCN2. The zero-order valence-corrected chi connectivity index (χ0v) is 7.52. The highest BCUT2D eigenvalue weighted by Gasteiger charge is 2.30. The molecule has 1 aromatic rings. The van der Waals surface area contributed by atoms with Crippen LogP contribution in [0.1, 0.15) is 23.1 Å². The van der Waals surface area contributed by atoms with Crippen molar-refractivity contribution in [3.8, 4) is 0 Å². The number of hydrogen-bond acceptors (Lipinski definition) is 4. The van der Waals surface area contributed by atoms with E-state index in [1.165, 1.54) is 0 Å². The monoisotopic (exact) mass is 218 g/mol. The van der Waals surface area contributed by atoms with Crippen LogP contribution in [-0.4, -0.2) is 38.8 Å². The third-order valence-corrected chi connectivity index (χ3v) is 2.15. The first-order valence-corrected chi connectivity index (χ1v) is 4.31. The molecule has 0 fully saturated rings. The quantitative estimate of drug-likeness (QED) is 0.759. The highest BCUT2D eigenvalue weighted by atomic mass is 19.3. The van der Waals surface area contributed by atoms with Gasteiger partial charge in [0.15, 0.2) is 0 Å². The van der Waals surface area contributed by atoms with Crippen LogP contribution in [-0.2, 0) is 0 Å². The van der Waals surface area contributed by atoms with E-state index in [1.54, 1.807) is 0 Å². The van der Waals surface area contributed by atoms with Crippen molar-refractivity contribution in [2.24, 2.45) is 0 Å². The number of nitrogens with zero attached hydrogens (tertiary/aromatic N) is 3. The molecule has 2 heterocycles. The van der Waals surface area contributed by atoms with Crippen molar-refractivity contribution >= 4 is 11.9 Å². The van der Waals surface area contributed by atoms with Gasteiger partial charge in [-0.05, 0) is 6.42 Å². The Hall–Kier alpha value is -1.73. The fourth-order valence-corrected chi connectivity index (χ4v) is 1.45. The molecule has 0 saturated carbocycles. The lowest BCUT2D eigenvalue weighted by Gasteiger charge is -2.23. The van der Waals surface area contributed by atoms with Crippen molar-refractivity contribution in [3.63, 3.8) is 0 Å². The van der Waals surface area contributed by atoms with Crippen LogP contribution in [0.2, 0.25) is 0 Å². The van der Waals surface area contributed by atoms with Crippen LogP contribution in [0.3, 0.4) is 0 Å². The summed E-state index contributed by atoms with van der Waals surface area (Å²) >= 11 is 0. The number of rotatable bonds is 2. The summed E-state index contributed by atoms with van der Waals surface area (Å²) in [5, 5.41) is 14.8. The summed E-state index contributed by atoms with van der Waals surface area (Å²) in [5.41, 5.74) is 0. The highest BCUT2D eigenvalue weighted by molar-refractivity contribution is 5.83. The number of halogens is 2. The molecule has 1 unspecified atom stereocenters. The number of fused-ring (bicyclic) bond motifs is 1. The molecule has 1 aliphatic heterocycles. The van der Waals surface area contributed by atoms with E-state index in [2.05, 4.69) is 15.4 Å². The third kappa shape index (κ3) is 1.62. The standard InChI is InChI=1S/C7H8F2N4O2/c8-4(9)3-1-2-10-7-11-5(6(14)15)12-13(3)7/h3-4H,1-2H2,(H,14,15)(H,10,11,12). The molecular weight excluding hydrogens is 210 g/mol. The number of alkyl halides is 2. The van der Waals surface area contributed by atoms with Crippen LogP contribution in [0.25, 0.3) is 0 Å². The molecule has 0 saturated heterocycles. The molecule has 0 bridgehead atoms. The Bertz CT molecular complexity index is 392. The molecular formula is C7H8F2N4O2. The number of hydrogen-bond donors (Lipinski definition) is 2. The van der Waals surface area contributed by atoms with Crippen LogP contribution < -0.4 is 5.32 Å². The normalized spacial score (nSPS) is 19.8. The average molecular weight is 218 g/mol. The Labute approximate surface area is 82.9 Å². The summed E-state index contributed by atoms with van der Waals surface area (Å²) in [6.45, 7) is 0.340. The van der Waals surface area contributed by atoms with E-state index in [4.69, 9.17) is 5.11 Å². The van der Waals surface area contributed by atoms with Gasteiger partial charge in [0, 0.05) is 6.54 Å². The lowest BCUT2D eigenvalue weighted by atomic mass is 10.2. The minimum Gasteiger partial charge on any atom is -0.475 e. The molecule has 2 rings (SSSR count). The number of carboxylic acid groups (broad SMARTS) is 1. The summed E-state index contributed by atoms with van der Waals surface area (Å²) in [7, 11) is 0. The van der Waals surface area contributed by atoms with Gasteiger partial charge >= 0.3 is 5.97 Å². The van der Waals surface area contributed by atoms with Crippen LogP contribution >= 0.6 is 0 Å². The van der Waals surface area contributed by atoms with Gasteiger partial charge in [-0.2, -0.15) is 4.98 Å². The van der Waals surface area contributed by atoms with Crippen molar-refractivity contribution in [3.05, 3.63) is 5.82 Å². The molecule has 2 N–H and O–H groups in total. The van der Waals surface area contributed by atoms with E-state index < -0.39 is 24.3 Å². The Kier molecular flexibility index (Phi) is 2.25. The second-order valence-electron chi connectivity index (χ2n) is 3.13. The van der Waals surface area contributed by atoms with Crippen molar-refractivity contribution in [2.75, 3.05) is 11.9 Å². The molecule has 8 heteroatoms. The van der Waals surface area contributed by atoms with Gasteiger partial charge in [-0.1, -0.05) is 0 Å². The van der Waals surface area contributed by atoms with Gasteiger partial charge in [0.2, 0.25) is 5.95 Å². The molecule has 15 heavy (non-hydrogen) atoms. The van der Waals surface area contributed by atoms with Crippen molar-refractivity contribution < 1.29 is 18.7 Å². The van der Waals surface area contributed by atoms with E-state index >= 15 is 0 Å². The zero-order valence-electron chi connectivity index (χ0n) is 7.52. The van der Waals surface area contributed by atoms with Gasteiger partial charge in [0.1, 0.15) is 6.04 Å². The molecule has 0 spiro atoms. The van der Waals surface area contributed by atoms with Gasteiger partial charge in [-0.15, -0.1) is 5.10 Å². The van der Waals surface area contributed by atoms with Crippen molar-refractivity contribution in [2.45, 2.75) is 18.9 Å². The molecule has 0 radical (unpaired) electrons. The Morgan fingerprint density at radius 1 is 1.67 bits per heavy atom. The lowest BCUT2D eigenvalue weighted by Crippen LogP contribution is -2.28. The first-order chi connectivity index (χ1) is 7.09. The molecule has 1 aromatic heterocycles. The second-order valence-corrected chi connectivity index (χ2v) is 3.13. The van der Waals surface area contributed by atoms with Crippen LogP contribution in [0.4, 0.5) is 14.7 Å². The van der Waals surface area contributed by atoms with Gasteiger partial charge in [-0.25, -0.2) is 18.3 Å². The number of anilines is 1. The Morgan fingerprint density at radius 3 is 3.00 bits per heavy atom. The number of carbonyl (C=O) groups is 1. The summed E-state index contributed by atoms with van der Waals surface area (Å²) in [5.74, 6) is -1.71. The Balaban J connectivity index is 2.38. The van der Waals surface area contributed by atoms with E-state index in [9.17, 15) is 13.6 Å². The summed E-state index contributed by atoms with van der Waals surface area (Å²) < 4.78 is 26.0. The van der Waals surface area contributed by atoms with E-state index in [0.717, 1.165) is 4.68 Å². The second kappa shape index (κ2) is 3.44. The number of carboxylic acids is 1. The summed E-state index contributed by atoms with van der Waals surface area (Å²) in [6.07, 6.45) is -2.37. The van der Waals surface area contributed by atoms with Crippen LogP contribution in [0.5, 0.6) is 0 Å². The van der Waals surface area contributed by atoms with Crippen molar-refractivity contribution in [1.82, 2.24) is 14.8 Å². The van der Waals surface area contributed by atoms with E-state index in [-0.39, 0.29) is 12.4 Å². The molecule has 1 atom stereocenters. The molecule has 0 aromatic carbocycles. The smallest absolute Gasteiger partial charge is 0.375 e. The summed E-state index contributed by atoms with van der Waals surface area (Å²) in [4.78, 5) is 14.1. The van der Waals surface area contributed by atoms with E-state index in [1.807, 2.05) is 0 Å². The molecule has 1 aliphatic rings. The first kappa shape index (κ1) is 9.81. The summed E-state index contributed by atoms with van der Waals surface area (Å²) in [6, 6.07) is -1.10. The third-order valence-electron chi connectivity index (χ3n) is 2.15. The Morgan fingerprint density at radius 2 is 2.40 bits per heavy atom. The van der Waals surface area contributed by atoms with Gasteiger partial charge in [0.05, 0.1) is 0 Å².